The van der Waals surface area contributed by atoms with Crippen molar-refractivity contribution >= 4 is 37.7 Å². The molecule has 0 fully saturated rings. The fourth-order valence-electron chi connectivity index (χ4n) is 1.18. The van der Waals surface area contributed by atoms with Gasteiger partial charge in [0.1, 0.15) is 5.82 Å². The van der Waals surface area contributed by atoms with Crippen LogP contribution in [0.1, 0.15) is 12.8 Å². The molecule has 0 bridgehead atoms. The number of hydrogen-bond acceptors (Lipinski definition) is 5. The molecular formula is C10H13BrN2O4S. The van der Waals surface area contributed by atoms with E-state index in [1.165, 1.54) is 13.3 Å². The van der Waals surface area contributed by atoms with Gasteiger partial charge in [0, 0.05) is 17.1 Å². The van der Waals surface area contributed by atoms with Crippen LogP contribution in [0.25, 0.3) is 0 Å². The molecule has 0 spiro atoms. The molecule has 1 aromatic rings. The van der Waals surface area contributed by atoms with Gasteiger partial charge in [0.2, 0.25) is 10.0 Å². The number of esters is 1. The van der Waals surface area contributed by atoms with Crippen molar-refractivity contribution in [1.82, 2.24) is 4.98 Å². The first-order valence-electron chi connectivity index (χ1n) is 5.12. The van der Waals surface area contributed by atoms with Gasteiger partial charge >= 0.3 is 5.97 Å². The summed E-state index contributed by atoms with van der Waals surface area (Å²) >= 11 is 3.21. The highest BCUT2D eigenvalue weighted by Gasteiger charge is 2.12. The summed E-state index contributed by atoms with van der Waals surface area (Å²) in [6.45, 7) is 0. The van der Waals surface area contributed by atoms with Gasteiger partial charge < -0.3 is 4.74 Å². The average molecular weight is 337 g/mol. The van der Waals surface area contributed by atoms with E-state index in [0.717, 1.165) is 4.47 Å². The monoisotopic (exact) mass is 336 g/mol. The van der Waals surface area contributed by atoms with Gasteiger partial charge in [-0.3, -0.25) is 9.52 Å². The minimum absolute atomic E-state index is 0.0727. The van der Waals surface area contributed by atoms with Crippen LogP contribution in [0, 0.1) is 0 Å². The number of nitrogens with zero attached hydrogens (tertiary/aromatic N) is 1. The van der Waals surface area contributed by atoms with Crippen molar-refractivity contribution in [1.29, 1.82) is 0 Å². The minimum Gasteiger partial charge on any atom is -0.469 e. The quantitative estimate of drug-likeness (QED) is 0.796. The van der Waals surface area contributed by atoms with Crippen molar-refractivity contribution in [3.05, 3.63) is 22.8 Å². The highest BCUT2D eigenvalue weighted by atomic mass is 79.9. The van der Waals surface area contributed by atoms with Gasteiger partial charge in [-0.2, -0.15) is 0 Å². The van der Waals surface area contributed by atoms with Crippen LogP contribution in [0.4, 0.5) is 5.82 Å². The second-order valence-corrected chi connectivity index (χ2v) is 6.22. The number of rotatable bonds is 6. The van der Waals surface area contributed by atoms with Crippen LogP contribution in [-0.2, 0) is 19.6 Å². The number of pyridine rings is 1. The lowest BCUT2D eigenvalue weighted by Gasteiger charge is -2.06. The summed E-state index contributed by atoms with van der Waals surface area (Å²) in [6.07, 6.45) is 1.76. The molecule has 0 unspecified atom stereocenters. The first-order valence-corrected chi connectivity index (χ1v) is 7.56. The number of nitrogens with one attached hydrogen (secondary N) is 1. The number of anilines is 1. The van der Waals surface area contributed by atoms with Crippen LogP contribution in [0.2, 0.25) is 0 Å². The van der Waals surface area contributed by atoms with Crippen LogP contribution in [-0.4, -0.2) is 32.2 Å². The Morgan fingerprint density at radius 2 is 2.28 bits per heavy atom. The molecule has 8 heteroatoms. The lowest BCUT2D eigenvalue weighted by molar-refractivity contribution is -0.140. The van der Waals surface area contributed by atoms with E-state index < -0.39 is 16.0 Å². The van der Waals surface area contributed by atoms with Crippen LogP contribution in [0.3, 0.4) is 0 Å². The van der Waals surface area contributed by atoms with E-state index in [9.17, 15) is 13.2 Å². The average Bonchev–Trinajstić information content (AvgIpc) is 2.27. The van der Waals surface area contributed by atoms with E-state index in [-0.39, 0.29) is 24.4 Å². The standard InChI is InChI=1S/C10H13BrN2O4S/c1-17-10(14)3-2-6-18(15,16)13-9-7-8(11)4-5-12-9/h4-5,7H,2-3,6H2,1H3,(H,12,13). The number of aromatic nitrogens is 1. The largest absolute Gasteiger partial charge is 0.469 e. The van der Waals surface area contributed by atoms with Crippen LogP contribution in [0.15, 0.2) is 22.8 Å². The van der Waals surface area contributed by atoms with E-state index in [1.54, 1.807) is 12.1 Å². The Kier molecular flexibility index (Phi) is 5.54. The minimum atomic E-state index is -3.50. The zero-order valence-electron chi connectivity index (χ0n) is 9.72. The second-order valence-electron chi connectivity index (χ2n) is 3.46. The second kappa shape index (κ2) is 6.69. The van der Waals surface area contributed by atoms with Crippen LogP contribution < -0.4 is 4.72 Å². The van der Waals surface area contributed by atoms with Crippen LogP contribution in [0.5, 0.6) is 0 Å². The Morgan fingerprint density at radius 1 is 1.56 bits per heavy atom. The van der Waals surface area contributed by atoms with Crippen molar-refractivity contribution in [3.63, 3.8) is 0 Å². The molecule has 0 radical (unpaired) electrons. The van der Waals surface area contributed by atoms with E-state index in [4.69, 9.17) is 0 Å². The maximum atomic E-state index is 11.7. The van der Waals surface area contributed by atoms with Gasteiger partial charge in [0.05, 0.1) is 12.9 Å². The van der Waals surface area contributed by atoms with Gasteiger partial charge in [-0.05, 0) is 18.6 Å². The Labute approximate surface area is 114 Å². The molecule has 0 amide bonds. The van der Waals surface area contributed by atoms with Crippen molar-refractivity contribution in [2.75, 3.05) is 17.6 Å². The zero-order chi connectivity index (χ0) is 13.6. The number of carbonyl (C=O) groups excluding carboxylic acids is 1. The van der Waals surface area contributed by atoms with Crippen molar-refractivity contribution < 1.29 is 17.9 Å². The van der Waals surface area contributed by atoms with Gasteiger partial charge in [-0.15, -0.1) is 0 Å². The summed E-state index contributed by atoms with van der Waals surface area (Å²) < 4.78 is 30.8. The normalized spacial score (nSPS) is 11.0. The van der Waals surface area contributed by atoms with Crippen molar-refractivity contribution in [3.8, 4) is 0 Å². The first-order chi connectivity index (χ1) is 8.43. The molecule has 6 nitrogen and oxygen atoms in total. The van der Waals surface area contributed by atoms with Gasteiger partial charge in [0.25, 0.3) is 0 Å². The molecule has 18 heavy (non-hydrogen) atoms. The molecule has 0 aliphatic carbocycles. The van der Waals surface area contributed by atoms with Crippen molar-refractivity contribution in [2.45, 2.75) is 12.8 Å². The molecule has 0 atom stereocenters. The summed E-state index contributed by atoms with van der Waals surface area (Å²) in [6, 6.07) is 3.24. The number of hydrogen-bond donors (Lipinski definition) is 1. The summed E-state index contributed by atoms with van der Waals surface area (Å²) in [4.78, 5) is 14.7. The lowest BCUT2D eigenvalue weighted by Crippen LogP contribution is -2.18. The lowest BCUT2D eigenvalue weighted by atomic mass is 10.3. The molecule has 1 heterocycles. The number of halogens is 1. The molecule has 1 N–H and O–H groups in total. The Hall–Kier alpha value is -1.15. The first kappa shape index (κ1) is 14.9. The highest BCUT2D eigenvalue weighted by Crippen LogP contribution is 2.14. The van der Waals surface area contributed by atoms with E-state index in [1.807, 2.05) is 0 Å². The molecular weight excluding hydrogens is 324 g/mol. The van der Waals surface area contributed by atoms with E-state index >= 15 is 0 Å². The predicted octanol–water partition coefficient (Wildman–Crippen LogP) is 1.54. The molecule has 0 saturated heterocycles. The number of methoxy groups -OCH3 is 1. The van der Waals surface area contributed by atoms with Gasteiger partial charge in [0.15, 0.2) is 0 Å². The SMILES string of the molecule is COC(=O)CCCS(=O)(=O)Nc1cc(Br)ccn1. The van der Waals surface area contributed by atoms with E-state index in [0.29, 0.717) is 0 Å². The maximum Gasteiger partial charge on any atom is 0.305 e. The molecule has 1 aromatic heterocycles. The van der Waals surface area contributed by atoms with Crippen LogP contribution >= 0.6 is 15.9 Å². The van der Waals surface area contributed by atoms with Gasteiger partial charge in [-0.25, -0.2) is 13.4 Å². The summed E-state index contributed by atoms with van der Waals surface area (Å²) in [5.41, 5.74) is 0. The predicted molar refractivity (Wildman–Crippen MR) is 70.6 cm³/mol. The number of ether oxygens (including phenoxy) is 1. The summed E-state index contributed by atoms with van der Waals surface area (Å²) in [7, 11) is -2.23. The topological polar surface area (TPSA) is 85.4 Å². The third-order valence-electron chi connectivity index (χ3n) is 2.00. The van der Waals surface area contributed by atoms with E-state index in [2.05, 4.69) is 30.4 Å². The smallest absolute Gasteiger partial charge is 0.305 e. The molecule has 0 saturated carbocycles. The Morgan fingerprint density at radius 3 is 2.89 bits per heavy atom. The molecule has 0 aliphatic heterocycles. The molecule has 1 rings (SSSR count). The highest BCUT2D eigenvalue weighted by molar-refractivity contribution is 9.10. The summed E-state index contributed by atoms with van der Waals surface area (Å²) in [5.74, 6) is -0.343. The molecule has 0 aliphatic rings. The third kappa shape index (κ3) is 5.46. The van der Waals surface area contributed by atoms with Gasteiger partial charge in [-0.1, -0.05) is 15.9 Å². The van der Waals surface area contributed by atoms with Crippen molar-refractivity contribution in [2.24, 2.45) is 0 Å². The zero-order valence-corrected chi connectivity index (χ0v) is 12.1. The Bertz CT molecular complexity index is 518. The third-order valence-corrected chi connectivity index (χ3v) is 3.84. The Balaban J connectivity index is 2.52. The number of carbonyl (C=O) groups is 1. The maximum absolute atomic E-state index is 11.7. The molecule has 0 aromatic carbocycles. The molecule has 100 valence electrons. The summed E-state index contributed by atoms with van der Waals surface area (Å²) in [5, 5.41) is 0. The fourth-order valence-corrected chi connectivity index (χ4v) is 2.57. The fraction of sp³-hybridized carbons (Fsp3) is 0.400. The number of sulfonamides is 1.